The second-order valence-electron chi connectivity index (χ2n) is 7.24. The van der Waals surface area contributed by atoms with E-state index in [1.807, 2.05) is 19.1 Å². The highest BCUT2D eigenvalue weighted by molar-refractivity contribution is 9.10. The van der Waals surface area contributed by atoms with Crippen LogP contribution in [-0.4, -0.2) is 22.4 Å². The van der Waals surface area contributed by atoms with Gasteiger partial charge in [0, 0.05) is 26.3 Å². The van der Waals surface area contributed by atoms with Gasteiger partial charge in [0.1, 0.15) is 5.69 Å². The summed E-state index contributed by atoms with van der Waals surface area (Å²) < 4.78 is 2.15. The summed E-state index contributed by atoms with van der Waals surface area (Å²) in [5, 5.41) is 6.47. The third-order valence-electron chi connectivity index (χ3n) is 4.91. The number of nitrogens with zero attached hydrogens (tertiary/aromatic N) is 1. The first kappa shape index (κ1) is 22.6. The number of rotatable bonds is 4. The number of para-hydroxylation sites is 1. The molecule has 7 nitrogen and oxygen atoms in total. The van der Waals surface area contributed by atoms with Crippen molar-refractivity contribution in [3.63, 3.8) is 0 Å². The maximum Gasteiger partial charge on any atom is 0.328 e. The van der Waals surface area contributed by atoms with E-state index in [-0.39, 0.29) is 5.69 Å². The molecule has 0 aliphatic heterocycles. The summed E-state index contributed by atoms with van der Waals surface area (Å²) in [5.41, 5.74) is 5.07. The van der Waals surface area contributed by atoms with Gasteiger partial charge in [0.15, 0.2) is 0 Å². The smallest absolute Gasteiger partial charge is 0.321 e. The van der Waals surface area contributed by atoms with E-state index in [0.717, 1.165) is 10.0 Å². The SMILES string of the molecule is Cc1ccccc1NC(=O)C(=O)Nn1c(C(=O)Nc2ccc(Br)cc2)cc2cc(Cl)ccc21. The molecular formula is C24H18BrClN4O3. The van der Waals surface area contributed by atoms with Crippen molar-refractivity contribution < 1.29 is 14.4 Å². The number of aryl methyl sites for hydroxylation is 1. The highest BCUT2D eigenvalue weighted by atomic mass is 79.9. The molecule has 0 unspecified atom stereocenters. The Labute approximate surface area is 202 Å². The van der Waals surface area contributed by atoms with Crippen molar-refractivity contribution in [2.75, 3.05) is 16.1 Å². The molecule has 3 N–H and O–H groups in total. The van der Waals surface area contributed by atoms with Crippen molar-refractivity contribution in [3.8, 4) is 0 Å². The highest BCUT2D eigenvalue weighted by Gasteiger charge is 2.21. The number of fused-ring (bicyclic) bond motifs is 1. The maximum absolute atomic E-state index is 13.0. The molecule has 4 aromatic rings. The van der Waals surface area contributed by atoms with Crippen LogP contribution in [0.1, 0.15) is 16.1 Å². The molecule has 3 amide bonds. The lowest BCUT2D eigenvalue weighted by atomic mass is 10.2. The Morgan fingerprint density at radius 3 is 2.33 bits per heavy atom. The number of amides is 3. The van der Waals surface area contributed by atoms with Crippen LogP contribution in [0.3, 0.4) is 0 Å². The normalized spacial score (nSPS) is 10.6. The Morgan fingerprint density at radius 1 is 0.879 bits per heavy atom. The first-order valence-electron chi connectivity index (χ1n) is 9.88. The Balaban J connectivity index is 1.63. The first-order valence-corrected chi connectivity index (χ1v) is 11.0. The quantitative estimate of drug-likeness (QED) is 0.315. The van der Waals surface area contributed by atoms with Crippen molar-refractivity contribution in [3.05, 3.63) is 93.5 Å². The van der Waals surface area contributed by atoms with E-state index in [0.29, 0.717) is 27.3 Å². The van der Waals surface area contributed by atoms with Gasteiger partial charge in [-0.3, -0.25) is 19.8 Å². The number of hydrogen-bond acceptors (Lipinski definition) is 3. The molecule has 0 saturated heterocycles. The van der Waals surface area contributed by atoms with Crippen LogP contribution in [-0.2, 0) is 9.59 Å². The summed E-state index contributed by atoms with van der Waals surface area (Å²) in [6.45, 7) is 1.82. The van der Waals surface area contributed by atoms with Crippen molar-refractivity contribution in [1.29, 1.82) is 0 Å². The molecular weight excluding hydrogens is 508 g/mol. The van der Waals surface area contributed by atoms with E-state index in [4.69, 9.17) is 11.6 Å². The van der Waals surface area contributed by atoms with Crippen LogP contribution in [0.25, 0.3) is 10.9 Å². The second-order valence-corrected chi connectivity index (χ2v) is 8.59. The Kier molecular flexibility index (Phi) is 6.48. The molecule has 0 spiro atoms. The van der Waals surface area contributed by atoms with Gasteiger partial charge in [-0.25, -0.2) is 4.68 Å². The van der Waals surface area contributed by atoms with Crippen molar-refractivity contribution in [2.24, 2.45) is 0 Å². The number of halogens is 2. The van der Waals surface area contributed by atoms with Crippen molar-refractivity contribution in [1.82, 2.24) is 4.68 Å². The Bertz CT molecular complexity index is 1380. The summed E-state index contributed by atoms with van der Waals surface area (Å²) in [4.78, 5) is 38.3. The molecule has 4 rings (SSSR count). The van der Waals surface area contributed by atoms with Gasteiger partial charge in [0.2, 0.25) is 0 Å². The molecule has 166 valence electrons. The van der Waals surface area contributed by atoms with Gasteiger partial charge in [-0.05, 0) is 67.1 Å². The van der Waals surface area contributed by atoms with Gasteiger partial charge in [-0.1, -0.05) is 45.7 Å². The third-order valence-corrected chi connectivity index (χ3v) is 5.67. The van der Waals surface area contributed by atoms with Gasteiger partial charge in [-0.2, -0.15) is 0 Å². The van der Waals surface area contributed by atoms with Gasteiger partial charge in [0.25, 0.3) is 5.91 Å². The van der Waals surface area contributed by atoms with E-state index in [2.05, 4.69) is 32.0 Å². The lowest BCUT2D eigenvalue weighted by Gasteiger charge is -2.13. The minimum absolute atomic E-state index is 0.132. The molecule has 9 heteroatoms. The zero-order valence-corrected chi connectivity index (χ0v) is 19.7. The number of nitrogens with one attached hydrogen (secondary N) is 3. The zero-order chi connectivity index (χ0) is 23.5. The lowest BCUT2D eigenvalue weighted by Crippen LogP contribution is -2.36. The standard InChI is InChI=1S/C24H18BrClN4O3/c1-14-4-2-3-5-19(14)28-23(32)24(33)29-30-20-11-8-17(26)12-15(20)13-21(30)22(31)27-18-9-6-16(25)7-10-18/h2-13H,1H3,(H,27,31)(H,28,32)(H,29,33). The highest BCUT2D eigenvalue weighted by Crippen LogP contribution is 2.24. The van der Waals surface area contributed by atoms with Gasteiger partial charge in [-0.15, -0.1) is 0 Å². The topological polar surface area (TPSA) is 92.2 Å². The average Bonchev–Trinajstić information content (AvgIpc) is 3.14. The van der Waals surface area contributed by atoms with Crippen LogP contribution in [0.2, 0.25) is 5.02 Å². The minimum atomic E-state index is -0.927. The van der Waals surface area contributed by atoms with Crippen molar-refractivity contribution >= 4 is 67.5 Å². The fourth-order valence-corrected chi connectivity index (χ4v) is 3.69. The fourth-order valence-electron chi connectivity index (χ4n) is 3.25. The monoisotopic (exact) mass is 524 g/mol. The predicted molar refractivity (Wildman–Crippen MR) is 133 cm³/mol. The van der Waals surface area contributed by atoms with E-state index in [9.17, 15) is 14.4 Å². The average molecular weight is 526 g/mol. The number of benzene rings is 3. The van der Waals surface area contributed by atoms with Gasteiger partial charge in [0.05, 0.1) is 5.52 Å². The van der Waals surface area contributed by atoms with Crippen LogP contribution in [0.15, 0.2) is 77.3 Å². The predicted octanol–water partition coefficient (Wildman–Crippen LogP) is 5.33. The summed E-state index contributed by atoms with van der Waals surface area (Å²) in [5.74, 6) is -2.26. The van der Waals surface area contributed by atoms with Gasteiger partial charge < -0.3 is 10.6 Å². The van der Waals surface area contributed by atoms with Crippen molar-refractivity contribution in [2.45, 2.75) is 6.92 Å². The van der Waals surface area contributed by atoms with Crippen LogP contribution >= 0.6 is 27.5 Å². The molecule has 0 aliphatic rings. The number of aromatic nitrogens is 1. The molecule has 0 bridgehead atoms. The molecule has 0 fully saturated rings. The molecule has 0 radical (unpaired) electrons. The fraction of sp³-hybridized carbons (Fsp3) is 0.0417. The number of hydrogen-bond donors (Lipinski definition) is 3. The molecule has 0 aliphatic carbocycles. The number of carbonyl (C=O) groups excluding carboxylic acids is 3. The maximum atomic E-state index is 13.0. The van der Waals surface area contributed by atoms with E-state index in [1.165, 1.54) is 4.68 Å². The van der Waals surface area contributed by atoms with E-state index < -0.39 is 17.7 Å². The third kappa shape index (κ3) is 5.08. The largest absolute Gasteiger partial charge is 0.328 e. The Hall–Kier alpha value is -3.62. The van der Waals surface area contributed by atoms with Crippen LogP contribution < -0.4 is 16.1 Å². The molecule has 0 saturated carbocycles. The Morgan fingerprint density at radius 2 is 1.61 bits per heavy atom. The van der Waals surface area contributed by atoms with Crippen LogP contribution in [0, 0.1) is 6.92 Å². The van der Waals surface area contributed by atoms with Gasteiger partial charge >= 0.3 is 11.8 Å². The summed E-state index contributed by atoms with van der Waals surface area (Å²) >= 11 is 9.45. The summed E-state index contributed by atoms with van der Waals surface area (Å²) in [6.07, 6.45) is 0. The minimum Gasteiger partial charge on any atom is -0.321 e. The first-order chi connectivity index (χ1) is 15.8. The molecule has 3 aromatic carbocycles. The molecule has 1 aromatic heterocycles. The second kappa shape index (κ2) is 9.48. The molecule has 33 heavy (non-hydrogen) atoms. The van der Waals surface area contributed by atoms with E-state index >= 15 is 0 Å². The zero-order valence-electron chi connectivity index (χ0n) is 17.4. The summed E-state index contributed by atoms with van der Waals surface area (Å²) in [6, 6.07) is 20.7. The molecule has 0 atom stereocenters. The lowest BCUT2D eigenvalue weighted by molar-refractivity contribution is -0.133. The van der Waals surface area contributed by atoms with Crippen LogP contribution in [0.4, 0.5) is 11.4 Å². The van der Waals surface area contributed by atoms with E-state index in [1.54, 1.807) is 60.7 Å². The summed E-state index contributed by atoms with van der Waals surface area (Å²) in [7, 11) is 0. The molecule has 1 heterocycles. The van der Waals surface area contributed by atoms with Crippen LogP contribution in [0.5, 0.6) is 0 Å². The number of anilines is 2. The number of carbonyl (C=O) groups is 3.